The van der Waals surface area contributed by atoms with Crippen LogP contribution in [0.25, 0.3) is 0 Å². The summed E-state index contributed by atoms with van der Waals surface area (Å²) in [4.78, 5) is 6.66. The summed E-state index contributed by atoms with van der Waals surface area (Å²) in [6.07, 6.45) is 7.26. The smallest absolute Gasteiger partial charge is 0.229 e. The number of thiocarbonyl (C=S) groups is 1. The fraction of sp³-hybridized carbons (Fsp3) is 0.360. The molecule has 3 aromatic rings. The van der Waals surface area contributed by atoms with Crippen LogP contribution in [0.5, 0.6) is 5.75 Å². The van der Waals surface area contributed by atoms with Gasteiger partial charge in [-0.2, -0.15) is 0 Å². The van der Waals surface area contributed by atoms with E-state index in [1.54, 1.807) is 18.3 Å². The van der Waals surface area contributed by atoms with Gasteiger partial charge in [-0.25, -0.2) is 8.42 Å². The summed E-state index contributed by atoms with van der Waals surface area (Å²) in [5, 5.41) is 4.01. The molecule has 0 saturated carbocycles. The van der Waals surface area contributed by atoms with Crippen LogP contribution in [0.4, 0.5) is 11.4 Å². The maximum atomic E-state index is 11.8. The number of pyridine rings is 1. The zero-order valence-electron chi connectivity index (χ0n) is 20.1. The summed E-state index contributed by atoms with van der Waals surface area (Å²) in [5.41, 5.74) is 3.09. The second-order valence-corrected chi connectivity index (χ2v) is 11.1. The Balaban J connectivity index is 1.57. The van der Waals surface area contributed by atoms with E-state index in [-0.39, 0.29) is 18.2 Å². The van der Waals surface area contributed by atoms with Crippen molar-refractivity contribution in [2.45, 2.75) is 37.6 Å². The van der Waals surface area contributed by atoms with E-state index in [0.717, 1.165) is 49.3 Å². The van der Waals surface area contributed by atoms with Gasteiger partial charge in [0.2, 0.25) is 10.0 Å². The number of rotatable bonds is 8. The molecule has 2 saturated heterocycles. The van der Waals surface area contributed by atoms with Crippen LogP contribution in [0, 0.1) is 0 Å². The summed E-state index contributed by atoms with van der Waals surface area (Å²) in [6.45, 7) is 1.56. The first kappa shape index (κ1) is 24.5. The fourth-order valence-corrected chi connectivity index (χ4v) is 5.83. The molecule has 1 aromatic carbocycles. The van der Waals surface area contributed by atoms with Crippen molar-refractivity contribution in [1.82, 2.24) is 14.9 Å². The zero-order valence-corrected chi connectivity index (χ0v) is 21.8. The van der Waals surface area contributed by atoms with E-state index in [0.29, 0.717) is 16.5 Å². The Labute approximate surface area is 216 Å². The molecule has 11 heteroatoms. The number of benzene rings is 1. The summed E-state index contributed by atoms with van der Waals surface area (Å²) >= 11 is 5.84. The third-order valence-corrected chi connectivity index (χ3v) is 7.35. The van der Waals surface area contributed by atoms with Gasteiger partial charge in [-0.05, 0) is 61.5 Å². The number of aromatic nitrogens is 2. The number of methoxy groups -OCH3 is 1. The number of ether oxygens (including phenoxy) is 2. The van der Waals surface area contributed by atoms with Gasteiger partial charge in [0, 0.05) is 43.0 Å². The van der Waals surface area contributed by atoms with Gasteiger partial charge in [0.15, 0.2) is 5.11 Å². The molecule has 5 rings (SSSR count). The molecule has 36 heavy (non-hydrogen) atoms. The van der Waals surface area contributed by atoms with Gasteiger partial charge >= 0.3 is 0 Å². The molecule has 2 aromatic heterocycles. The second kappa shape index (κ2) is 10.1. The third-order valence-electron chi connectivity index (χ3n) is 6.45. The van der Waals surface area contributed by atoms with Crippen LogP contribution >= 0.6 is 12.2 Å². The van der Waals surface area contributed by atoms with E-state index < -0.39 is 10.0 Å². The average Bonchev–Trinajstić information content (AvgIpc) is 3.60. The van der Waals surface area contributed by atoms with Crippen LogP contribution in [0.1, 0.15) is 36.3 Å². The maximum absolute atomic E-state index is 11.8. The summed E-state index contributed by atoms with van der Waals surface area (Å²) in [7, 11) is -1.96. The highest BCUT2D eigenvalue weighted by Crippen LogP contribution is 2.43. The van der Waals surface area contributed by atoms with E-state index in [2.05, 4.69) is 31.9 Å². The Kier molecular flexibility index (Phi) is 6.87. The van der Waals surface area contributed by atoms with Gasteiger partial charge in [-0.1, -0.05) is 6.07 Å². The monoisotopic (exact) mass is 527 g/mol. The SMILES string of the molecule is COc1cc(N2C(=S)NC(c3ccccn3)C2c2cccn2CC2CCCO2)ccc1NS(C)(=O)=O. The van der Waals surface area contributed by atoms with Gasteiger partial charge in [0.1, 0.15) is 11.8 Å². The Morgan fingerprint density at radius 2 is 2.11 bits per heavy atom. The number of nitrogens with one attached hydrogen (secondary N) is 2. The third kappa shape index (κ3) is 5.04. The summed E-state index contributed by atoms with van der Waals surface area (Å²) in [6, 6.07) is 14.9. The standard InChI is InChI=1S/C25H29N5O4S2/c1-33-22-15-17(10-11-19(22)28-36(2,31)32)30-24(23(27-25(30)35)20-8-3-4-12-26-20)21-9-5-13-29(21)16-18-7-6-14-34-18/h3-5,8-13,15,18,23-24,28H,6-7,14,16H2,1-2H3,(H,27,35). The molecule has 3 atom stereocenters. The molecule has 0 radical (unpaired) electrons. The van der Waals surface area contributed by atoms with E-state index in [1.807, 2.05) is 35.2 Å². The quantitative estimate of drug-likeness (QED) is 0.429. The van der Waals surface area contributed by atoms with Gasteiger partial charge in [-0.15, -0.1) is 0 Å². The zero-order chi connectivity index (χ0) is 25.3. The normalized spacial score (nSPS) is 22.0. The van der Waals surface area contributed by atoms with Gasteiger partial charge in [-0.3, -0.25) is 9.71 Å². The van der Waals surface area contributed by atoms with Crippen LogP contribution in [0.15, 0.2) is 60.9 Å². The molecule has 2 N–H and O–H groups in total. The van der Waals surface area contributed by atoms with E-state index in [9.17, 15) is 8.42 Å². The lowest BCUT2D eigenvalue weighted by Crippen LogP contribution is -2.31. The predicted octanol–water partition coefficient (Wildman–Crippen LogP) is 3.62. The van der Waals surface area contributed by atoms with Crippen molar-refractivity contribution in [2.24, 2.45) is 0 Å². The number of hydrogen-bond acceptors (Lipinski definition) is 6. The molecule has 2 fully saturated rings. The molecule has 0 bridgehead atoms. The Morgan fingerprint density at radius 3 is 2.81 bits per heavy atom. The summed E-state index contributed by atoms with van der Waals surface area (Å²) in [5.74, 6) is 0.399. The Morgan fingerprint density at radius 1 is 1.25 bits per heavy atom. The van der Waals surface area contributed by atoms with Crippen molar-refractivity contribution >= 4 is 38.7 Å². The molecule has 4 heterocycles. The number of sulfonamides is 1. The van der Waals surface area contributed by atoms with Crippen LogP contribution < -0.4 is 19.7 Å². The minimum absolute atomic E-state index is 0.181. The molecule has 2 aliphatic rings. The van der Waals surface area contributed by atoms with Gasteiger partial charge in [0.05, 0.1) is 36.9 Å². The average molecular weight is 528 g/mol. The first-order chi connectivity index (χ1) is 17.3. The van der Waals surface area contributed by atoms with Gasteiger partial charge in [0.25, 0.3) is 0 Å². The van der Waals surface area contributed by atoms with Crippen molar-refractivity contribution in [1.29, 1.82) is 0 Å². The summed E-state index contributed by atoms with van der Waals surface area (Å²) < 4.78 is 39.8. The lowest BCUT2D eigenvalue weighted by atomic mass is 10.0. The van der Waals surface area contributed by atoms with Crippen LogP contribution in [0.3, 0.4) is 0 Å². The van der Waals surface area contributed by atoms with Gasteiger partial charge < -0.3 is 24.3 Å². The van der Waals surface area contributed by atoms with Crippen LogP contribution in [-0.4, -0.2) is 49.2 Å². The fourth-order valence-electron chi connectivity index (χ4n) is 4.92. The van der Waals surface area contributed by atoms with Crippen molar-refractivity contribution in [3.8, 4) is 5.75 Å². The molecular weight excluding hydrogens is 498 g/mol. The molecule has 0 amide bonds. The predicted molar refractivity (Wildman–Crippen MR) is 143 cm³/mol. The van der Waals surface area contributed by atoms with E-state index in [4.69, 9.17) is 21.7 Å². The molecule has 3 unspecified atom stereocenters. The number of hydrogen-bond donors (Lipinski definition) is 2. The van der Waals surface area contributed by atoms with Crippen LogP contribution in [0.2, 0.25) is 0 Å². The maximum Gasteiger partial charge on any atom is 0.229 e. The Hall–Kier alpha value is -3.15. The highest BCUT2D eigenvalue weighted by Gasteiger charge is 2.42. The number of nitrogens with zero attached hydrogens (tertiary/aromatic N) is 3. The van der Waals surface area contributed by atoms with Crippen molar-refractivity contribution in [2.75, 3.05) is 29.6 Å². The first-order valence-corrected chi connectivity index (χ1v) is 14.1. The lowest BCUT2D eigenvalue weighted by molar-refractivity contribution is 0.0961. The molecular formula is C25H29N5O4S2. The Bertz CT molecular complexity index is 1340. The van der Waals surface area contributed by atoms with Crippen molar-refractivity contribution in [3.63, 3.8) is 0 Å². The molecule has 0 aliphatic carbocycles. The van der Waals surface area contributed by atoms with E-state index >= 15 is 0 Å². The minimum Gasteiger partial charge on any atom is -0.494 e. The van der Waals surface area contributed by atoms with Crippen molar-refractivity contribution in [3.05, 3.63) is 72.3 Å². The first-order valence-electron chi connectivity index (χ1n) is 11.8. The second-order valence-electron chi connectivity index (χ2n) is 8.98. The highest BCUT2D eigenvalue weighted by atomic mass is 32.2. The molecule has 190 valence electrons. The number of anilines is 2. The van der Waals surface area contributed by atoms with Crippen LogP contribution in [-0.2, 0) is 21.3 Å². The van der Waals surface area contributed by atoms with Crippen molar-refractivity contribution < 1.29 is 17.9 Å². The van der Waals surface area contributed by atoms with E-state index in [1.165, 1.54) is 7.11 Å². The highest BCUT2D eigenvalue weighted by molar-refractivity contribution is 7.92. The molecule has 2 aliphatic heterocycles. The lowest BCUT2D eigenvalue weighted by Gasteiger charge is -2.30. The molecule has 9 nitrogen and oxygen atoms in total. The largest absolute Gasteiger partial charge is 0.494 e. The topological polar surface area (TPSA) is 97.7 Å². The minimum atomic E-state index is -3.47. The molecule has 0 spiro atoms.